The fourth-order valence-electron chi connectivity index (χ4n) is 2.84. The van der Waals surface area contributed by atoms with Crippen molar-refractivity contribution in [1.29, 1.82) is 0 Å². The summed E-state index contributed by atoms with van der Waals surface area (Å²) in [4.78, 5) is 23.6. The average molecular weight is 596 g/mol. The minimum Gasteiger partial charge on any atom is -0.494 e. The monoisotopic (exact) mass is 596 g/mol. The zero-order valence-electron chi connectivity index (χ0n) is 15.2. The molecule has 0 heterocycles. The summed E-state index contributed by atoms with van der Waals surface area (Å²) < 4.78 is 5.46. The van der Waals surface area contributed by atoms with Gasteiger partial charge in [-0.2, -0.15) is 0 Å². The molecule has 0 radical (unpaired) electrons. The highest BCUT2D eigenvalue weighted by molar-refractivity contribution is 14.1. The highest BCUT2D eigenvalue weighted by Gasteiger charge is 2.11. The van der Waals surface area contributed by atoms with E-state index < -0.39 is 0 Å². The maximum absolute atomic E-state index is 11.8. The fourth-order valence-corrected chi connectivity index (χ4v) is 3.46. The van der Waals surface area contributed by atoms with E-state index in [0.717, 1.165) is 34.4 Å². The van der Waals surface area contributed by atoms with E-state index in [0.29, 0.717) is 17.7 Å². The summed E-state index contributed by atoms with van der Waals surface area (Å²) in [7, 11) is 0. The third-order valence-electron chi connectivity index (χ3n) is 4.27. The highest BCUT2D eigenvalue weighted by atomic mass is 127. The van der Waals surface area contributed by atoms with Gasteiger partial charge >= 0.3 is 0 Å². The van der Waals surface area contributed by atoms with Gasteiger partial charge in [-0.15, -0.1) is 0 Å². The molecule has 3 rings (SSSR count). The SMILES string of the molecule is CCCOc1ccc(-c2ccc(-c3cc(C(=O)I)cc(C(=O)I)c3)cc2)cc1. The third kappa shape index (κ3) is 5.20. The van der Waals surface area contributed by atoms with Crippen molar-refractivity contribution in [2.75, 3.05) is 6.61 Å². The largest absolute Gasteiger partial charge is 0.494 e. The molecule has 0 unspecified atom stereocenters. The van der Waals surface area contributed by atoms with Crippen molar-refractivity contribution in [3.05, 3.63) is 77.9 Å². The van der Waals surface area contributed by atoms with E-state index in [1.165, 1.54) is 0 Å². The van der Waals surface area contributed by atoms with E-state index in [4.69, 9.17) is 4.74 Å². The van der Waals surface area contributed by atoms with E-state index in [9.17, 15) is 9.59 Å². The van der Waals surface area contributed by atoms with Gasteiger partial charge in [0, 0.05) is 56.3 Å². The lowest BCUT2D eigenvalue weighted by molar-refractivity contribution is 0.110. The first-order valence-corrected chi connectivity index (χ1v) is 11.0. The first kappa shape index (κ1) is 21.0. The number of halogens is 2. The second-order valence-electron chi connectivity index (χ2n) is 6.30. The summed E-state index contributed by atoms with van der Waals surface area (Å²) in [5, 5.41) is 0. The summed E-state index contributed by atoms with van der Waals surface area (Å²) in [6.07, 6.45) is 0.985. The van der Waals surface area contributed by atoms with Crippen LogP contribution in [-0.4, -0.2) is 14.2 Å². The predicted octanol–water partition coefficient (Wildman–Crippen LogP) is 6.96. The van der Waals surface area contributed by atoms with Crippen molar-refractivity contribution in [3.63, 3.8) is 0 Å². The van der Waals surface area contributed by atoms with Crippen LogP contribution in [0.25, 0.3) is 22.3 Å². The van der Waals surface area contributed by atoms with Crippen molar-refractivity contribution < 1.29 is 14.3 Å². The molecule has 0 saturated carbocycles. The lowest BCUT2D eigenvalue weighted by atomic mass is 9.98. The average Bonchev–Trinajstić information content (AvgIpc) is 2.72. The number of benzene rings is 3. The second-order valence-corrected chi connectivity index (χ2v) is 8.26. The van der Waals surface area contributed by atoms with Crippen LogP contribution in [0.4, 0.5) is 0 Å². The minimum atomic E-state index is -0.0830. The number of carbonyl (C=O) groups excluding carboxylic acids is 2. The van der Waals surface area contributed by atoms with Crippen LogP contribution in [0.15, 0.2) is 66.7 Å². The molecule has 3 nitrogen and oxygen atoms in total. The van der Waals surface area contributed by atoms with Crippen LogP contribution in [0.5, 0.6) is 5.75 Å². The lowest BCUT2D eigenvalue weighted by Crippen LogP contribution is -1.96. The quantitative estimate of drug-likeness (QED) is 0.219. The Kier molecular flexibility index (Phi) is 7.23. The molecule has 0 atom stereocenters. The molecule has 28 heavy (non-hydrogen) atoms. The van der Waals surface area contributed by atoms with Crippen LogP contribution in [0.1, 0.15) is 34.1 Å². The van der Waals surface area contributed by atoms with Crippen molar-refractivity contribution in [2.24, 2.45) is 0 Å². The molecule has 0 aliphatic heterocycles. The van der Waals surface area contributed by atoms with E-state index in [1.807, 2.05) is 60.7 Å². The van der Waals surface area contributed by atoms with Gasteiger partial charge in [-0.3, -0.25) is 9.59 Å². The summed E-state index contributed by atoms with van der Waals surface area (Å²) >= 11 is 3.49. The van der Waals surface area contributed by atoms with Gasteiger partial charge in [0.05, 0.1) is 6.61 Å². The standard InChI is InChI=1S/C23H18I2O3/c1-2-11-28-21-9-7-16(8-10-21)15-3-5-17(6-4-15)18-12-19(22(24)26)14-20(13-18)23(25)27/h3-10,12-14H,2,11H2,1H3. The summed E-state index contributed by atoms with van der Waals surface area (Å²) in [6.45, 7) is 2.80. The van der Waals surface area contributed by atoms with Gasteiger partial charge in [0.2, 0.25) is 7.58 Å². The van der Waals surface area contributed by atoms with Crippen molar-refractivity contribution >= 4 is 52.8 Å². The van der Waals surface area contributed by atoms with E-state index >= 15 is 0 Å². The van der Waals surface area contributed by atoms with Crippen LogP contribution < -0.4 is 4.74 Å². The fraction of sp³-hybridized carbons (Fsp3) is 0.130. The molecule has 0 aliphatic carbocycles. The highest BCUT2D eigenvalue weighted by Crippen LogP contribution is 2.28. The molecule has 0 aromatic heterocycles. The Bertz CT molecular complexity index is 961. The molecule has 5 heteroatoms. The molecule has 0 spiro atoms. The van der Waals surface area contributed by atoms with Gasteiger partial charge < -0.3 is 4.74 Å². The Morgan fingerprint density at radius 2 is 1.14 bits per heavy atom. The molecule has 0 saturated heterocycles. The van der Waals surface area contributed by atoms with Gasteiger partial charge in [-0.1, -0.05) is 43.3 Å². The Balaban J connectivity index is 1.88. The maximum Gasteiger partial charge on any atom is 0.222 e. The molecule has 0 N–H and O–H groups in total. The zero-order chi connectivity index (χ0) is 20.1. The first-order valence-electron chi connectivity index (χ1n) is 8.86. The first-order chi connectivity index (χ1) is 13.5. The molecule has 0 amide bonds. The molecular formula is C23H18I2O3. The number of rotatable bonds is 7. The number of hydrogen-bond acceptors (Lipinski definition) is 3. The number of hydrogen-bond donors (Lipinski definition) is 0. The van der Waals surface area contributed by atoms with E-state index in [1.54, 1.807) is 51.2 Å². The van der Waals surface area contributed by atoms with Crippen molar-refractivity contribution in [3.8, 4) is 28.0 Å². The summed E-state index contributed by atoms with van der Waals surface area (Å²) in [5.41, 5.74) is 5.09. The third-order valence-corrected chi connectivity index (χ3v) is 5.51. The van der Waals surface area contributed by atoms with Crippen molar-refractivity contribution in [1.82, 2.24) is 0 Å². The Hall–Kier alpha value is -1.74. The van der Waals surface area contributed by atoms with Crippen LogP contribution in [0.3, 0.4) is 0 Å². The van der Waals surface area contributed by atoms with Gasteiger partial charge in [0.25, 0.3) is 0 Å². The van der Waals surface area contributed by atoms with E-state index in [-0.39, 0.29) is 7.58 Å². The lowest BCUT2D eigenvalue weighted by Gasteiger charge is -2.09. The Morgan fingerprint density at radius 1 is 0.714 bits per heavy atom. The molecule has 3 aromatic rings. The van der Waals surface area contributed by atoms with Crippen LogP contribution in [0.2, 0.25) is 0 Å². The van der Waals surface area contributed by atoms with Gasteiger partial charge in [-0.25, -0.2) is 0 Å². The second kappa shape index (κ2) is 9.65. The summed E-state index contributed by atoms with van der Waals surface area (Å²) in [6, 6.07) is 21.4. The molecule has 0 aliphatic rings. The molecule has 0 fully saturated rings. The number of ether oxygens (including phenoxy) is 1. The normalized spacial score (nSPS) is 10.5. The van der Waals surface area contributed by atoms with Crippen LogP contribution in [-0.2, 0) is 0 Å². The van der Waals surface area contributed by atoms with Gasteiger partial charge in [0.15, 0.2) is 0 Å². The van der Waals surface area contributed by atoms with Crippen LogP contribution in [0, 0.1) is 0 Å². The Labute approximate surface area is 191 Å². The number of carbonyl (C=O) groups is 2. The molecular weight excluding hydrogens is 578 g/mol. The van der Waals surface area contributed by atoms with Crippen molar-refractivity contribution in [2.45, 2.75) is 13.3 Å². The molecule has 142 valence electrons. The van der Waals surface area contributed by atoms with Gasteiger partial charge in [-0.05, 0) is 59.0 Å². The van der Waals surface area contributed by atoms with Crippen LogP contribution >= 0.6 is 45.2 Å². The smallest absolute Gasteiger partial charge is 0.222 e. The minimum absolute atomic E-state index is 0.0830. The Morgan fingerprint density at radius 3 is 1.57 bits per heavy atom. The summed E-state index contributed by atoms with van der Waals surface area (Å²) in [5.74, 6) is 0.874. The predicted molar refractivity (Wildman–Crippen MR) is 130 cm³/mol. The topological polar surface area (TPSA) is 43.4 Å². The molecule has 3 aromatic carbocycles. The molecule has 0 bridgehead atoms. The van der Waals surface area contributed by atoms with E-state index in [2.05, 4.69) is 6.92 Å². The maximum atomic E-state index is 11.8. The zero-order valence-corrected chi connectivity index (χ0v) is 19.6. The van der Waals surface area contributed by atoms with Gasteiger partial charge in [0.1, 0.15) is 5.75 Å².